The maximum Gasteiger partial charge on any atom is 0.573 e. The van der Waals surface area contributed by atoms with E-state index < -0.39 is 13.0 Å². The van der Waals surface area contributed by atoms with Gasteiger partial charge < -0.3 is 14.6 Å². The van der Waals surface area contributed by atoms with Gasteiger partial charge in [0.2, 0.25) is 0 Å². The number of allylic oxidation sites excluding steroid dienone is 2. The molecule has 0 amide bonds. The molecule has 6 nitrogen and oxygen atoms in total. The molecule has 0 saturated heterocycles. The van der Waals surface area contributed by atoms with Gasteiger partial charge in [-0.3, -0.25) is 9.98 Å². The molecule has 2 heterocycles. The van der Waals surface area contributed by atoms with Gasteiger partial charge in [0.15, 0.2) is 0 Å². The molecule has 1 aromatic carbocycles. The molecule has 6 rings (SSSR count). The van der Waals surface area contributed by atoms with Crippen LogP contribution in [0.4, 0.5) is 28.9 Å². The molecule has 1 aromatic heterocycles. The van der Waals surface area contributed by atoms with Crippen molar-refractivity contribution in [1.29, 1.82) is 0 Å². The molecule has 2 aromatic rings. The summed E-state index contributed by atoms with van der Waals surface area (Å²) in [5.41, 5.74) is 4.94. The van der Waals surface area contributed by atoms with Crippen LogP contribution < -0.4 is 26.1 Å². The van der Waals surface area contributed by atoms with E-state index >= 15 is 0 Å². The molecule has 0 radical (unpaired) electrons. The van der Waals surface area contributed by atoms with Gasteiger partial charge in [-0.2, -0.15) is 0 Å². The van der Waals surface area contributed by atoms with Crippen LogP contribution in [0.3, 0.4) is 0 Å². The number of aryl methyl sites for hydroxylation is 1. The third kappa shape index (κ3) is 6.85. The minimum atomic E-state index is -4.80. The first-order chi connectivity index (χ1) is 21.3. The molecule has 10 heteroatoms. The summed E-state index contributed by atoms with van der Waals surface area (Å²) in [5.74, 6) is -0.325. The van der Waals surface area contributed by atoms with E-state index in [1.54, 1.807) is 24.4 Å². The molecule has 228 valence electrons. The van der Waals surface area contributed by atoms with E-state index in [0.29, 0.717) is 46.2 Å². The van der Waals surface area contributed by atoms with Crippen molar-refractivity contribution < 1.29 is 22.3 Å². The van der Waals surface area contributed by atoms with Crippen molar-refractivity contribution >= 4 is 23.5 Å². The van der Waals surface area contributed by atoms with Crippen molar-refractivity contribution in [3.8, 4) is 22.8 Å². The van der Waals surface area contributed by atoms with Crippen molar-refractivity contribution in [2.24, 2.45) is 4.99 Å². The SMILES string of the molecule is Cc1ccc(Nc2cc3nc4/c(n(-c5ccc(OC(F)(F)F)cc5)c-3cc2=NC2CCCCC2)=C\C(CF)=CCC\C=4)cn1. The number of nitrogens with one attached hydrogen (secondary N) is 1. The van der Waals surface area contributed by atoms with Gasteiger partial charge in [-0.15, -0.1) is 13.2 Å². The molecule has 1 aliphatic heterocycles. The Bertz CT molecular complexity index is 1820. The van der Waals surface area contributed by atoms with Crippen molar-refractivity contribution in [2.45, 2.75) is 64.3 Å². The van der Waals surface area contributed by atoms with Crippen LogP contribution in [-0.2, 0) is 0 Å². The molecule has 0 atom stereocenters. The molecule has 3 aliphatic carbocycles. The highest BCUT2D eigenvalue weighted by Gasteiger charge is 2.31. The minimum absolute atomic E-state index is 0.170. The zero-order valence-electron chi connectivity index (χ0n) is 24.4. The Kier molecular flexibility index (Phi) is 8.50. The van der Waals surface area contributed by atoms with Gasteiger partial charge in [-0.25, -0.2) is 9.37 Å². The quantitative estimate of drug-likeness (QED) is 0.246. The Hall–Kier alpha value is -4.47. The molecule has 44 heavy (non-hydrogen) atoms. The summed E-state index contributed by atoms with van der Waals surface area (Å²) in [6.45, 7) is 1.28. The standard InChI is InChI=1S/C34H33F4N5O/c1-22-11-12-25(21-39-22)41-29-18-31-33(19-30(29)40-24-8-3-2-4-9-24)43(26-13-15-27(16-14-26)44-34(36,37)38)32-17-23(20-35)7-5-6-10-28(32)42-31/h7,10-19,21,24,41H,2-6,8-9,20H2,1H3/b23-7?,28-10+,32-17+,40-30?. The zero-order chi connectivity index (χ0) is 30.7. The summed E-state index contributed by atoms with van der Waals surface area (Å²) in [5, 5.41) is 5.52. The number of ether oxygens (including phenoxy) is 1. The predicted molar refractivity (Wildman–Crippen MR) is 163 cm³/mol. The number of hydrogen-bond acceptors (Lipinski definition) is 5. The zero-order valence-corrected chi connectivity index (χ0v) is 24.4. The summed E-state index contributed by atoms with van der Waals surface area (Å²) in [7, 11) is 0. The number of hydrogen-bond donors (Lipinski definition) is 1. The largest absolute Gasteiger partial charge is 0.573 e. The Morgan fingerprint density at radius 3 is 2.48 bits per heavy atom. The number of nitrogens with zero attached hydrogens (tertiary/aromatic N) is 4. The van der Waals surface area contributed by atoms with E-state index in [-0.39, 0.29) is 11.8 Å². The van der Waals surface area contributed by atoms with Gasteiger partial charge in [0, 0.05) is 11.4 Å². The molecule has 0 spiro atoms. The van der Waals surface area contributed by atoms with Gasteiger partial charge in [0.25, 0.3) is 0 Å². The van der Waals surface area contributed by atoms with E-state index in [1.807, 2.05) is 47.9 Å². The first-order valence-electron chi connectivity index (χ1n) is 14.9. The van der Waals surface area contributed by atoms with E-state index in [0.717, 1.165) is 48.1 Å². The van der Waals surface area contributed by atoms with E-state index in [4.69, 9.17) is 9.98 Å². The fourth-order valence-electron chi connectivity index (χ4n) is 5.76. The second kappa shape index (κ2) is 12.6. The Labute approximate surface area is 252 Å². The minimum Gasteiger partial charge on any atom is -0.406 e. The average molecular weight is 604 g/mol. The smallest absolute Gasteiger partial charge is 0.406 e. The van der Waals surface area contributed by atoms with Crippen molar-refractivity contribution in [1.82, 2.24) is 14.5 Å². The number of pyridine rings is 1. The lowest BCUT2D eigenvalue weighted by molar-refractivity contribution is -0.274. The number of aromatic nitrogens is 3. The van der Waals surface area contributed by atoms with Crippen LogP contribution in [0.2, 0.25) is 0 Å². The van der Waals surface area contributed by atoms with Crippen molar-refractivity contribution in [2.75, 3.05) is 12.0 Å². The second-order valence-electron chi connectivity index (χ2n) is 11.2. The summed E-state index contributed by atoms with van der Waals surface area (Å²) >= 11 is 0. The summed E-state index contributed by atoms with van der Waals surface area (Å²) in [6.07, 6.45) is 9.38. The summed E-state index contributed by atoms with van der Waals surface area (Å²) < 4.78 is 58.8. The molecule has 0 bridgehead atoms. The molecular weight excluding hydrogens is 570 g/mol. The Morgan fingerprint density at radius 2 is 1.77 bits per heavy atom. The highest BCUT2D eigenvalue weighted by molar-refractivity contribution is 5.70. The highest BCUT2D eigenvalue weighted by Crippen LogP contribution is 2.28. The van der Waals surface area contributed by atoms with Gasteiger partial charge >= 0.3 is 6.36 Å². The number of rotatable bonds is 6. The van der Waals surface area contributed by atoms with E-state index in [9.17, 15) is 17.6 Å². The summed E-state index contributed by atoms with van der Waals surface area (Å²) in [6, 6.07) is 13.7. The predicted octanol–water partition coefficient (Wildman–Crippen LogP) is 6.81. The number of halogens is 4. The fraction of sp³-hybridized carbons (Fsp3) is 0.324. The van der Waals surface area contributed by atoms with Crippen LogP contribution >= 0.6 is 0 Å². The van der Waals surface area contributed by atoms with Gasteiger partial charge in [-0.1, -0.05) is 31.4 Å². The molecule has 4 aliphatic rings. The third-order valence-corrected chi connectivity index (χ3v) is 7.88. The van der Waals surface area contributed by atoms with Crippen LogP contribution in [0, 0.1) is 6.92 Å². The monoisotopic (exact) mass is 603 g/mol. The van der Waals surface area contributed by atoms with Gasteiger partial charge in [-0.05, 0) is 92.8 Å². The normalized spacial score (nSPS) is 17.8. The number of anilines is 2. The van der Waals surface area contributed by atoms with Crippen molar-refractivity contribution in [3.05, 3.63) is 88.1 Å². The lowest BCUT2D eigenvalue weighted by Gasteiger charge is -2.21. The molecule has 0 unspecified atom stereocenters. The first-order valence-corrected chi connectivity index (χ1v) is 14.9. The maximum atomic E-state index is 14.1. The molecule has 1 N–H and O–H groups in total. The fourth-order valence-corrected chi connectivity index (χ4v) is 5.76. The van der Waals surface area contributed by atoms with Crippen LogP contribution in [0.15, 0.2) is 71.4 Å². The first kappa shape index (κ1) is 29.6. The highest BCUT2D eigenvalue weighted by atomic mass is 19.4. The molecular formula is C34H33F4N5O. The average Bonchev–Trinajstić information content (AvgIpc) is 2.99. The third-order valence-electron chi connectivity index (χ3n) is 7.88. The number of alkyl halides is 4. The van der Waals surface area contributed by atoms with Crippen LogP contribution in [0.25, 0.3) is 29.2 Å². The maximum absolute atomic E-state index is 14.1. The van der Waals surface area contributed by atoms with Gasteiger partial charge in [0.1, 0.15) is 12.4 Å². The van der Waals surface area contributed by atoms with Gasteiger partial charge in [0.05, 0.1) is 51.1 Å². The van der Waals surface area contributed by atoms with Crippen LogP contribution in [-0.4, -0.2) is 33.6 Å². The number of fused-ring (bicyclic) bond motifs is 2. The van der Waals surface area contributed by atoms with E-state index in [1.165, 1.54) is 18.6 Å². The van der Waals surface area contributed by atoms with E-state index in [2.05, 4.69) is 15.0 Å². The summed E-state index contributed by atoms with van der Waals surface area (Å²) in [4.78, 5) is 14.6. The lowest BCUT2D eigenvalue weighted by Crippen LogP contribution is -2.40. The second-order valence-corrected chi connectivity index (χ2v) is 11.2. The topological polar surface area (TPSA) is 64.3 Å². The molecule has 1 saturated carbocycles. The van der Waals surface area contributed by atoms with Crippen molar-refractivity contribution in [3.63, 3.8) is 0 Å². The lowest BCUT2D eigenvalue weighted by atomic mass is 9.96. The Balaban J connectivity index is 1.62. The number of benzene rings is 2. The van der Waals surface area contributed by atoms with Crippen LogP contribution in [0.5, 0.6) is 5.75 Å². The Morgan fingerprint density at radius 1 is 1.00 bits per heavy atom. The van der Waals surface area contributed by atoms with Crippen LogP contribution in [0.1, 0.15) is 50.6 Å². The molecule has 1 fully saturated rings.